The second kappa shape index (κ2) is 8.00. The lowest BCUT2D eigenvalue weighted by atomic mass is 10.0. The Balaban J connectivity index is 2.01. The Morgan fingerprint density at radius 3 is 2.64 bits per heavy atom. The Hall–Kier alpha value is -2.57. The highest BCUT2D eigenvalue weighted by Crippen LogP contribution is 2.33. The summed E-state index contributed by atoms with van der Waals surface area (Å²) in [6, 6.07) is 6.22. The van der Waals surface area contributed by atoms with Crippen molar-refractivity contribution in [3.05, 3.63) is 24.3 Å². The molecule has 1 aliphatic rings. The van der Waals surface area contributed by atoms with Gasteiger partial charge in [0.25, 0.3) is 5.91 Å². The van der Waals surface area contributed by atoms with Crippen molar-refractivity contribution >= 4 is 23.5 Å². The van der Waals surface area contributed by atoms with Gasteiger partial charge >= 0.3 is 5.97 Å². The Morgan fingerprint density at radius 2 is 2.00 bits per heavy atom. The molecule has 0 saturated carbocycles. The second-order valence-corrected chi connectivity index (χ2v) is 6.56. The number of hydrogen-bond donors (Lipinski definition) is 2. The number of rotatable bonds is 7. The number of benzene rings is 1. The van der Waals surface area contributed by atoms with Crippen LogP contribution in [0.4, 0.5) is 5.69 Å². The van der Waals surface area contributed by atoms with E-state index in [0.29, 0.717) is 17.9 Å². The number of nitrogens with zero attached hydrogens (tertiary/aromatic N) is 1. The van der Waals surface area contributed by atoms with Crippen molar-refractivity contribution in [1.82, 2.24) is 5.32 Å². The summed E-state index contributed by atoms with van der Waals surface area (Å²) in [6.07, 6.45) is -0.239. The van der Waals surface area contributed by atoms with Gasteiger partial charge in [0, 0.05) is 13.0 Å². The molecule has 2 N–H and O–H groups in total. The van der Waals surface area contributed by atoms with Crippen LogP contribution in [0, 0.1) is 5.92 Å². The van der Waals surface area contributed by atoms with Gasteiger partial charge in [-0.25, -0.2) is 4.79 Å². The van der Waals surface area contributed by atoms with Gasteiger partial charge in [0.2, 0.25) is 5.91 Å². The third kappa shape index (κ3) is 4.71. The Morgan fingerprint density at radius 1 is 1.32 bits per heavy atom. The van der Waals surface area contributed by atoms with Crippen LogP contribution in [0.2, 0.25) is 0 Å². The van der Waals surface area contributed by atoms with Gasteiger partial charge in [0.1, 0.15) is 11.8 Å². The fourth-order valence-corrected chi connectivity index (χ4v) is 2.76. The number of aliphatic carboxylic acids is 1. The molecule has 25 heavy (non-hydrogen) atoms. The number of fused-ring (bicyclic) bond motifs is 1. The Labute approximate surface area is 147 Å². The number of nitrogens with one attached hydrogen (secondary N) is 1. The number of amides is 2. The summed E-state index contributed by atoms with van der Waals surface area (Å²) < 4.78 is 5.55. The van der Waals surface area contributed by atoms with Crippen molar-refractivity contribution in [2.75, 3.05) is 11.4 Å². The average Bonchev–Trinajstić information content (AvgIpc) is 2.54. The lowest BCUT2D eigenvalue weighted by Gasteiger charge is -2.32. The molecule has 1 aromatic carbocycles. The maximum Gasteiger partial charge on any atom is 0.326 e. The highest BCUT2D eigenvalue weighted by molar-refractivity contribution is 6.00. The largest absolute Gasteiger partial charge is 0.480 e. The summed E-state index contributed by atoms with van der Waals surface area (Å²) in [5, 5.41) is 11.7. The van der Waals surface area contributed by atoms with Crippen LogP contribution in [0.15, 0.2) is 24.3 Å². The fraction of sp³-hybridized carbons (Fsp3) is 0.500. The molecule has 0 bridgehead atoms. The van der Waals surface area contributed by atoms with Gasteiger partial charge < -0.3 is 20.1 Å². The number of para-hydroxylation sites is 2. The number of carbonyl (C=O) groups excluding carboxylic acids is 2. The summed E-state index contributed by atoms with van der Waals surface area (Å²) >= 11 is 0. The van der Waals surface area contributed by atoms with Crippen molar-refractivity contribution in [3.8, 4) is 5.75 Å². The standard InChI is InChI=1S/C18H24N2O5/c1-11(2)10-13(18(23)24)19-16(21)8-9-20-14-6-4-5-7-15(14)25-12(3)17(20)22/h4-7,11-13H,8-10H2,1-3H3,(H,19,21)(H,23,24). The van der Waals surface area contributed by atoms with E-state index >= 15 is 0 Å². The molecule has 0 fully saturated rings. The predicted octanol–water partition coefficient (Wildman–Crippen LogP) is 1.81. The highest BCUT2D eigenvalue weighted by Gasteiger charge is 2.31. The number of carbonyl (C=O) groups is 3. The predicted molar refractivity (Wildman–Crippen MR) is 92.5 cm³/mol. The topological polar surface area (TPSA) is 95.9 Å². The smallest absolute Gasteiger partial charge is 0.326 e. The van der Waals surface area contributed by atoms with Gasteiger partial charge in [0.05, 0.1) is 5.69 Å². The van der Waals surface area contributed by atoms with E-state index in [1.807, 2.05) is 19.9 Å². The minimum atomic E-state index is -1.05. The van der Waals surface area contributed by atoms with Crippen molar-refractivity contribution in [3.63, 3.8) is 0 Å². The Kier molecular flexibility index (Phi) is 6.01. The van der Waals surface area contributed by atoms with Gasteiger partial charge in [0.15, 0.2) is 6.10 Å². The van der Waals surface area contributed by atoms with E-state index < -0.39 is 24.0 Å². The molecule has 0 radical (unpaired) electrons. The van der Waals surface area contributed by atoms with Gasteiger partial charge in [-0.15, -0.1) is 0 Å². The minimum absolute atomic E-state index is 0.0225. The van der Waals surface area contributed by atoms with Crippen LogP contribution in [0.3, 0.4) is 0 Å². The molecule has 136 valence electrons. The molecule has 0 aliphatic carbocycles. The molecule has 0 spiro atoms. The zero-order chi connectivity index (χ0) is 18.6. The molecule has 1 aliphatic heterocycles. The van der Waals surface area contributed by atoms with Crippen molar-refractivity contribution in [2.24, 2.45) is 5.92 Å². The summed E-state index contributed by atoms with van der Waals surface area (Å²) in [4.78, 5) is 37.2. The van der Waals surface area contributed by atoms with Gasteiger partial charge in [-0.2, -0.15) is 0 Å². The molecule has 1 aromatic rings. The van der Waals surface area contributed by atoms with Crippen LogP contribution in [0.25, 0.3) is 0 Å². The van der Waals surface area contributed by atoms with E-state index in [0.717, 1.165) is 0 Å². The second-order valence-electron chi connectivity index (χ2n) is 6.56. The third-order valence-electron chi connectivity index (χ3n) is 3.98. The minimum Gasteiger partial charge on any atom is -0.480 e. The zero-order valence-electron chi connectivity index (χ0n) is 14.7. The summed E-state index contributed by atoms with van der Waals surface area (Å²) in [6.45, 7) is 5.62. The molecule has 7 nitrogen and oxygen atoms in total. The average molecular weight is 348 g/mol. The molecule has 2 unspecified atom stereocenters. The molecular formula is C18H24N2O5. The molecule has 1 heterocycles. The normalized spacial score (nSPS) is 17.7. The highest BCUT2D eigenvalue weighted by atomic mass is 16.5. The van der Waals surface area contributed by atoms with Gasteiger partial charge in [-0.05, 0) is 31.4 Å². The molecule has 0 saturated heterocycles. The van der Waals surface area contributed by atoms with E-state index in [1.165, 1.54) is 4.90 Å². The maximum atomic E-state index is 12.4. The number of ether oxygens (including phenoxy) is 1. The summed E-state index contributed by atoms with van der Waals surface area (Å²) in [5.41, 5.74) is 0.621. The molecular weight excluding hydrogens is 324 g/mol. The number of carboxylic acid groups (broad SMARTS) is 1. The zero-order valence-corrected chi connectivity index (χ0v) is 14.7. The molecule has 2 amide bonds. The van der Waals surface area contributed by atoms with Crippen LogP contribution in [-0.2, 0) is 14.4 Å². The molecule has 2 rings (SSSR count). The SMILES string of the molecule is CC(C)CC(NC(=O)CCN1C(=O)C(C)Oc2ccccc21)C(=O)O. The monoisotopic (exact) mass is 348 g/mol. The lowest BCUT2D eigenvalue weighted by molar-refractivity contribution is -0.142. The van der Waals surface area contributed by atoms with Crippen LogP contribution < -0.4 is 15.0 Å². The Bertz CT molecular complexity index is 659. The number of anilines is 1. The first-order valence-electron chi connectivity index (χ1n) is 8.38. The van der Waals surface area contributed by atoms with Crippen molar-refractivity contribution in [2.45, 2.75) is 45.8 Å². The first-order chi connectivity index (χ1) is 11.8. The van der Waals surface area contributed by atoms with Crippen molar-refractivity contribution < 1.29 is 24.2 Å². The van der Waals surface area contributed by atoms with Crippen LogP contribution in [-0.4, -0.2) is 41.6 Å². The van der Waals surface area contributed by atoms with Gasteiger partial charge in [-0.1, -0.05) is 26.0 Å². The van der Waals surface area contributed by atoms with Gasteiger partial charge in [-0.3, -0.25) is 9.59 Å². The first-order valence-corrected chi connectivity index (χ1v) is 8.38. The molecule has 2 atom stereocenters. The molecule has 0 aromatic heterocycles. The number of hydrogen-bond acceptors (Lipinski definition) is 4. The summed E-state index contributed by atoms with van der Waals surface area (Å²) in [5.74, 6) is -0.919. The van der Waals surface area contributed by atoms with Crippen molar-refractivity contribution in [1.29, 1.82) is 0 Å². The van der Waals surface area contributed by atoms with E-state index in [1.54, 1.807) is 25.1 Å². The van der Waals surface area contributed by atoms with E-state index in [4.69, 9.17) is 4.74 Å². The quantitative estimate of drug-likeness (QED) is 0.783. The maximum absolute atomic E-state index is 12.4. The lowest BCUT2D eigenvalue weighted by Crippen LogP contribution is -2.47. The molecule has 7 heteroatoms. The van der Waals surface area contributed by atoms with E-state index in [9.17, 15) is 19.5 Å². The fourth-order valence-electron chi connectivity index (χ4n) is 2.76. The summed E-state index contributed by atoms with van der Waals surface area (Å²) in [7, 11) is 0. The van der Waals surface area contributed by atoms with Crippen LogP contribution >= 0.6 is 0 Å². The number of carboxylic acids is 1. The first kappa shape index (κ1) is 18.8. The van der Waals surface area contributed by atoms with E-state index in [2.05, 4.69) is 5.32 Å². The van der Waals surface area contributed by atoms with Crippen LogP contribution in [0.5, 0.6) is 5.75 Å². The van der Waals surface area contributed by atoms with Crippen LogP contribution in [0.1, 0.15) is 33.6 Å². The third-order valence-corrected chi connectivity index (χ3v) is 3.98. The van der Waals surface area contributed by atoms with E-state index in [-0.39, 0.29) is 24.8 Å².